The fourth-order valence-electron chi connectivity index (χ4n) is 3.31. The summed E-state index contributed by atoms with van der Waals surface area (Å²) in [6.07, 6.45) is 1.05. The van der Waals surface area contributed by atoms with Gasteiger partial charge in [0.25, 0.3) is 0 Å². The van der Waals surface area contributed by atoms with Gasteiger partial charge in [-0.25, -0.2) is 8.42 Å². The van der Waals surface area contributed by atoms with Crippen molar-refractivity contribution < 1.29 is 27.4 Å². The molecule has 0 saturated carbocycles. The highest BCUT2D eigenvalue weighted by atomic mass is 32.2. The highest BCUT2D eigenvalue weighted by Crippen LogP contribution is 2.33. The summed E-state index contributed by atoms with van der Waals surface area (Å²) in [6.45, 7) is 8.43. The van der Waals surface area contributed by atoms with E-state index in [1.165, 1.54) is 32.8 Å². The van der Waals surface area contributed by atoms with Crippen LogP contribution in [-0.4, -0.2) is 54.0 Å². The van der Waals surface area contributed by atoms with Crippen molar-refractivity contribution in [2.45, 2.75) is 39.2 Å². The third kappa shape index (κ3) is 7.02. The van der Waals surface area contributed by atoms with Crippen molar-refractivity contribution in [3.8, 4) is 17.2 Å². The highest BCUT2D eigenvalue weighted by molar-refractivity contribution is 7.92. The highest BCUT2D eigenvalue weighted by Gasteiger charge is 2.29. The van der Waals surface area contributed by atoms with Crippen molar-refractivity contribution in [3.63, 3.8) is 0 Å². The normalized spacial score (nSPS) is 12.6. The largest absolute Gasteiger partial charge is 0.493 e. The van der Waals surface area contributed by atoms with Crippen molar-refractivity contribution in [2.24, 2.45) is 0 Å². The molecule has 0 aromatic heterocycles. The van der Waals surface area contributed by atoms with Crippen LogP contribution in [0.15, 0.2) is 42.5 Å². The van der Waals surface area contributed by atoms with Crippen LogP contribution in [0.25, 0.3) is 0 Å². The molecule has 8 nitrogen and oxygen atoms in total. The molecule has 0 aliphatic heterocycles. The fraction of sp³-hybridized carbons (Fsp3) is 0.458. The number of methoxy groups -OCH3 is 2. The number of hydrogen-bond acceptors (Lipinski definition) is 6. The molecule has 1 amide bonds. The number of rotatable bonds is 10. The minimum Gasteiger partial charge on any atom is -0.493 e. The second-order valence-electron chi connectivity index (χ2n) is 8.69. The van der Waals surface area contributed by atoms with Crippen LogP contribution in [0.2, 0.25) is 0 Å². The van der Waals surface area contributed by atoms with Crippen molar-refractivity contribution in [1.82, 2.24) is 5.32 Å². The molecule has 1 atom stereocenters. The number of carbonyl (C=O) groups excluding carboxylic acids is 1. The lowest BCUT2D eigenvalue weighted by molar-refractivity contribution is -0.121. The first-order valence-electron chi connectivity index (χ1n) is 10.6. The zero-order valence-corrected chi connectivity index (χ0v) is 21.2. The Morgan fingerprint density at radius 2 is 1.64 bits per heavy atom. The molecule has 0 aliphatic carbocycles. The van der Waals surface area contributed by atoms with E-state index in [1.807, 2.05) is 24.3 Å². The molecule has 2 aromatic rings. The Balaban J connectivity index is 2.02. The van der Waals surface area contributed by atoms with E-state index in [9.17, 15) is 13.2 Å². The smallest absolute Gasteiger partial charge is 0.243 e. The van der Waals surface area contributed by atoms with Gasteiger partial charge in [-0.1, -0.05) is 32.9 Å². The predicted octanol–water partition coefficient (Wildman–Crippen LogP) is 3.35. The number of sulfonamides is 1. The lowest BCUT2D eigenvalue weighted by atomic mass is 9.87. The van der Waals surface area contributed by atoms with Gasteiger partial charge in [-0.15, -0.1) is 0 Å². The van der Waals surface area contributed by atoms with Gasteiger partial charge in [0, 0.05) is 6.07 Å². The van der Waals surface area contributed by atoms with Crippen LogP contribution in [0.3, 0.4) is 0 Å². The average Bonchev–Trinajstić information content (AvgIpc) is 2.75. The standard InChI is InChI=1S/C24H34N2O6S/c1-17(26(33(7,28)29)19-10-13-21(30-5)22(16-19)31-6)23(27)25-14-15-32-20-11-8-18(9-12-20)24(2,3)4/h8-13,16-17H,14-15H2,1-7H3,(H,25,27)/t17-/m1/s1. The number of nitrogens with zero attached hydrogens (tertiary/aromatic N) is 1. The molecule has 33 heavy (non-hydrogen) atoms. The molecule has 9 heteroatoms. The molecule has 0 radical (unpaired) electrons. The minimum atomic E-state index is -3.75. The molecule has 2 rings (SSSR count). The maximum atomic E-state index is 12.7. The monoisotopic (exact) mass is 478 g/mol. The lowest BCUT2D eigenvalue weighted by Gasteiger charge is -2.28. The van der Waals surface area contributed by atoms with E-state index in [2.05, 4.69) is 26.1 Å². The van der Waals surface area contributed by atoms with Gasteiger partial charge in [-0.2, -0.15) is 0 Å². The number of anilines is 1. The summed E-state index contributed by atoms with van der Waals surface area (Å²) in [7, 11) is -0.805. The summed E-state index contributed by atoms with van der Waals surface area (Å²) in [6, 6.07) is 11.5. The van der Waals surface area contributed by atoms with Crippen molar-refractivity contribution in [1.29, 1.82) is 0 Å². The van der Waals surface area contributed by atoms with E-state index in [0.717, 1.165) is 10.6 Å². The van der Waals surface area contributed by atoms with Gasteiger partial charge in [-0.05, 0) is 42.2 Å². The molecule has 0 spiro atoms. The Kier molecular flexibility index (Phi) is 8.60. The first-order valence-corrected chi connectivity index (χ1v) is 12.5. The van der Waals surface area contributed by atoms with Gasteiger partial charge in [0.15, 0.2) is 11.5 Å². The zero-order valence-electron chi connectivity index (χ0n) is 20.3. The van der Waals surface area contributed by atoms with Gasteiger partial charge < -0.3 is 19.5 Å². The van der Waals surface area contributed by atoms with Crippen LogP contribution in [0.5, 0.6) is 17.2 Å². The molecule has 0 heterocycles. The van der Waals surface area contributed by atoms with E-state index in [-0.39, 0.29) is 18.6 Å². The number of ether oxygens (including phenoxy) is 3. The second kappa shape index (κ2) is 10.8. The first kappa shape index (κ1) is 26.3. The molecule has 2 aromatic carbocycles. The number of carbonyl (C=O) groups is 1. The van der Waals surface area contributed by atoms with Crippen LogP contribution >= 0.6 is 0 Å². The summed E-state index contributed by atoms with van der Waals surface area (Å²) >= 11 is 0. The summed E-state index contributed by atoms with van der Waals surface area (Å²) in [5, 5.41) is 2.74. The third-order valence-corrected chi connectivity index (χ3v) is 6.34. The van der Waals surface area contributed by atoms with Gasteiger partial charge in [0.05, 0.1) is 32.7 Å². The summed E-state index contributed by atoms with van der Waals surface area (Å²) in [5.74, 6) is 1.08. The SMILES string of the molecule is COc1ccc(N([C@H](C)C(=O)NCCOc2ccc(C(C)(C)C)cc2)S(C)(=O)=O)cc1OC. The topological polar surface area (TPSA) is 94.2 Å². The third-order valence-electron chi connectivity index (χ3n) is 5.10. The van der Waals surface area contributed by atoms with Crippen molar-refractivity contribution in [2.75, 3.05) is 37.9 Å². The molecular weight excluding hydrogens is 444 g/mol. The number of hydrogen-bond donors (Lipinski definition) is 1. The molecule has 1 N–H and O–H groups in total. The Bertz CT molecular complexity index is 1050. The lowest BCUT2D eigenvalue weighted by Crippen LogP contribution is -2.48. The second-order valence-corrected chi connectivity index (χ2v) is 10.5. The first-order chi connectivity index (χ1) is 15.4. The molecular formula is C24H34N2O6S. The summed E-state index contributed by atoms with van der Waals surface area (Å²) in [5.41, 5.74) is 1.56. The van der Waals surface area contributed by atoms with Crippen molar-refractivity contribution in [3.05, 3.63) is 48.0 Å². The van der Waals surface area contributed by atoms with E-state index in [4.69, 9.17) is 14.2 Å². The molecule has 0 unspecified atom stereocenters. The Labute approximate surface area is 196 Å². The van der Waals surface area contributed by atoms with Crippen LogP contribution < -0.4 is 23.8 Å². The van der Waals surface area contributed by atoms with Crippen molar-refractivity contribution >= 4 is 21.6 Å². The Morgan fingerprint density at radius 3 is 2.15 bits per heavy atom. The molecule has 0 saturated heterocycles. The molecule has 0 fully saturated rings. The van der Waals surface area contributed by atoms with Crippen LogP contribution in [0, 0.1) is 0 Å². The van der Waals surface area contributed by atoms with Gasteiger partial charge in [-0.3, -0.25) is 9.10 Å². The average molecular weight is 479 g/mol. The van der Waals surface area contributed by atoms with Crippen LogP contribution in [0.1, 0.15) is 33.3 Å². The van der Waals surface area contributed by atoms with Gasteiger partial charge >= 0.3 is 0 Å². The maximum Gasteiger partial charge on any atom is 0.243 e. The van der Waals surface area contributed by atoms with E-state index in [1.54, 1.807) is 12.1 Å². The minimum absolute atomic E-state index is 0.0576. The molecule has 182 valence electrons. The quantitative estimate of drug-likeness (QED) is 0.527. The number of benzene rings is 2. The van der Waals surface area contributed by atoms with E-state index < -0.39 is 22.0 Å². The Hall–Kier alpha value is -2.94. The van der Waals surface area contributed by atoms with Gasteiger partial charge in [0.2, 0.25) is 15.9 Å². The fourth-order valence-corrected chi connectivity index (χ4v) is 4.48. The molecule has 0 bridgehead atoms. The van der Waals surface area contributed by atoms with Gasteiger partial charge in [0.1, 0.15) is 18.4 Å². The van der Waals surface area contributed by atoms with E-state index in [0.29, 0.717) is 22.9 Å². The van der Waals surface area contributed by atoms with Crippen LogP contribution in [0.4, 0.5) is 5.69 Å². The zero-order chi connectivity index (χ0) is 24.8. The predicted molar refractivity (Wildman–Crippen MR) is 130 cm³/mol. The number of amides is 1. The summed E-state index contributed by atoms with van der Waals surface area (Å²) in [4.78, 5) is 12.7. The van der Waals surface area contributed by atoms with Crippen LogP contribution in [-0.2, 0) is 20.2 Å². The summed E-state index contributed by atoms with van der Waals surface area (Å²) < 4.78 is 42.2. The molecule has 0 aliphatic rings. The van der Waals surface area contributed by atoms with E-state index >= 15 is 0 Å². The maximum absolute atomic E-state index is 12.7. The number of nitrogens with one attached hydrogen (secondary N) is 1. The Morgan fingerprint density at radius 1 is 1.03 bits per heavy atom.